The molecule has 3 aromatic rings. The summed E-state index contributed by atoms with van der Waals surface area (Å²) in [5.41, 5.74) is 2.43. The molecular formula is C17H19N3S. The number of hydrogen-bond donors (Lipinski definition) is 1. The van der Waals surface area contributed by atoms with Crippen molar-refractivity contribution >= 4 is 11.3 Å². The maximum Gasteiger partial charge on any atom is 0.0637 e. The Kier molecular flexibility index (Phi) is 4.48. The van der Waals surface area contributed by atoms with Crippen molar-refractivity contribution in [1.29, 1.82) is 0 Å². The third-order valence-electron chi connectivity index (χ3n) is 3.35. The normalized spacial score (nSPS) is 10.9. The van der Waals surface area contributed by atoms with Gasteiger partial charge in [-0.25, -0.2) is 0 Å². The summed E-state index contributed by atoms with van der Waals surface area (Å²) in [6, 6.07) is 17.0. The zero-order valence-electron chi connectivity index (χ0n) is 12.1. The molecule has 4 heteroatoms. The first-order chi connectivity index (χ1) is 10.3. The molecule has 108 valence electrons. The van der Waals surface area contributed by atoms with Gasteiger partial charge in [0.1, 0.15) is 0 Å². The van der Waals surface area contributed by atoms with E-state index in [9.17, 15) is 0 Å². The third kappa shape index (κ3) is 3.80. The largest absolute Gasteiger partial charge is 0.311 e. The summed E-state index contributed by atoms with van der Waals surface area (Å²) in [5.74, 6) is 0. The van der Waals surface area contributed by atoms with Gasteiger partial charge in [0.05, 0.1) is 5.69 Å². The topological polar surface area (TPSA) is 29.9 Å². The van der Waals surface area contributed by atoms with Crippen molar-refractivity contribution in [3.63, 3.8) is 0 Å². The van der Waals surface area contributed by atoms with Gasteiger partial charge >= 0.3 is 0 Å². The summed E-state index contributed by atoms with van der Waals surface area (Å²) in [6.45, 7) is 1.87. The summed E-state index contributed by atoms with van der Waals surface area (Å²) in [5, 5.41) is 7.86. The Balaban J connectivity index is 1.49. The zero-order valence-corrected chi connectivity index (χ0v) is 12.9. The fraction of sp³-hybridized carbons (Fsp3) is 0.235. The molecule has 2 aromatic heterocycles. The van der Waals surface area contributed by atoms with Gasteiger partial charge in [0.2, 0.25) is 0 Å². The van der Waals surface area contributed by atoms with Crippen molar-refractivity contribution < 1.29 is 0 Å². The number of nitrogens with one attached hydrogen (secondary N) is 1. The van der Waals surface area contributed by atoms with Gasteiger partial charge in [-0.2, -0.15) is 5.10 Å². The lowest BCUT2D eigenvalue weighted by molar-refractivity contribution is 0.670. The second kappa shape index (κ2) is 6.70. The Labute approximate surface area is 129 Å². The van der Waals surface area contributed by atoms with E-state index in [0.717, 1.165) is 25.2 Å². The Hall–Kier alpha value is -1.91. The van der Waals surface area contributed by atoms with Crippen molar-refractivity contribution in [2.75, 3.05) is 6.54 Å². The fourth-order valence-electron chi connectivity index (χ4n) is 2.26. The highest BCUT2D eigenvalue weighted by atomic mass is 32.1. The van der Waals surface area contributed by atoms with E-state index in [-0.39, 0.29) is 0 Å². The first kappa shape index (κ1) is 14.0. The lowest BCUT2D eigenvalue weighted by Gasteiger charge is -2.01. The van der Waals surface area contributed by atoms with E-state index in [1.807, 2.05) is 29.3 Å². The van der Waals surface area contributed by atoms with Crippen LogP contribution in [0.5, 0.6) is 0 Å². The number of aryl methyl sites for hydroxylation is 1. The molecule has 0 unspecified atom stereocenters. The summed E-state index contributed by atoms with van der Waals surface area (Å²) in [6.07, 6.45) is 2.96. The van der Waals surface area contributed by atoms with Gasteiger partial charge in [0.25, 0.3) is 0 Å². The third-order valence-corrected chi connectivity index (χ3v) is 4.48. The number of benzene rings is 1. The average Bonchev–Trinajstić information content (AvgIpc) is 3.14. The maximum atomic E-state index is 4.38. The van der Waals surface area contributed by atoms with Crippen LogP contribution < -0.4 is 5.32 Å². The van der Waals surface area contributed by atoms with Crippen LogP contribution in [-0.2, 0) is 20.0 Å². The fourth-order valence-corrected chi connectivity index (χ4v) is 3.24. The minimum Gasteiger partial charge on any atom is -0.311 e. The number of aromatic nitrogens is 2. The molecule has 0 amide bonds. The van der Waals surface area contributed by atoms with E-state index in [0.29, 0.717) is 0 Å². The smallest absolute Gasteiger partial charge is 0.0637 e. The quantitative estimate of drug-likeness (QED) is 0.706. The van der Waals surface area contributed by atoms with Crippen LogP contribution in [0.15, 0.2) is 54.7 Å². The first-order valence-electron chi connectivity index (χ1n) is 7.14. The molecule has 21 heavy (non-hydrogen) atoms. The summed E-state index contributed by atoms with van der Waals surface area (Å²) in [7, 11) is 1.95. The van der Waals surface area contributed by atoms with Gasteiger partial charge in [0, 0.05) is 42.5 Å². The molecule has 0 aliphatic heterocycles. The summed E-state index contributed by atoms with van der Waals surface area (Å²) in [4.78, 5) is 2.70. The van der Waals surface area contributed by atoms with E-state index in [1.165, 1.54) is 15.3 Å². The lowest BCUT2D eigenvalue weighted by atomic mass is 10.2. The van der Waals surface area contributed by atoms with Gasteiger partial charge in [-0.05, 0) is 23.8 Å². The minimum absolute atomic E-state index is 0.921. The molecule has 0 bridgehead atoms. The van der Waals surface area contributed by atoms with Crippen LogP contribution in [0.1, 0.15) is 10.6 Å². The van der Waals surface area contributed by atoms with Crippen LogP contribution in [0, 0.1) is 0 Å². The van der Waals surface area contributed by atoms with Crippen molar-refractivity contribution in [1.82, 2.24) is 15.1 Å². The van der Waals surface area contributed by atoms with E-state index < -0.39 is 0 Å². The van der Waals surface area contributed by atoms with Gasteiger partial charge in [-0.15, -0.1) is 11.3 Å². The number of nitrogens with zero attached hydrogens (tertiary/aromatic N) is 2. The Morgan fingerprint density at radius 1 is 1.10 bits per heavy atom. The van der Waals surface area contributed by atoms with Gasteiger partial charge in [0.15, 0.2) is 0 Å². The van der Waals surface area contributed by atoms with Gasteiger partial charge in [-0.1, -0.05) is 30.3 Å². The van der Waals surface area contributed by atoms with Crippen molar-refractivity contribution in [2.24, 2.45) is 7.05 Å². The number of hydrogen-bond acceptors (Lipinski definition) is 3. The molecule has 1 N–H and O–H groups in total. The van der Waals surface area contributed by atoms with Gasteiger partial charge in [-0.3, -0.25) is 4.68 Å². The zero-order chi connectivity index (χ0) is 14.5. The van der Waals surface area contributed by atoms with Crippen LogP contribution in [0.4, 0.5) is 0 Å². The Morgan fingerprint density at radius 2 is 1.95 bits per heavy atom. The molecule has 0 aliphatic carbocycles. The lowest BCUT2D eigenvalue weighted by Crippen LogP contribution is -2.16. The molecule has 0 saturated carbocycles. The van der Waals surface area contributed by atoms with E-state index in [2.05, 4.69) is 58.9 Å². The van der Waals surface area contributed by atoms with E-state index in [1.54, 1.807) is 0 Å². The van der Waals surface area contributed by atoms with Crippen LogP contribution in [0.2, 0.25) is 0 Å². The molecular weight excluding hydrogens is 278 g/mol. The van der Waals surface area contributed by atoms with Crippen LogP contribution in [0.3, 0.4) is 0 Å². The molecule has 2 heterocycles. The van der Waals surface area contributed by atoms with Crippen molar-refractivity contribution in [3.05, 3.63) is 65.3 Å². The Bertz CT molecular complexity index is 685. The predicted molar refractivity (Wildman–Crippen MR) is 88.4 cm³/mol. The highest BCUT2D eigenvalue weighted by Crippen LogP contribution is 2.27. The molecule has 0 spiro atoms. The minimum atomic E-state index is 0.921. The van der Waals surface area contributed by atoms with Crippen molar-refractivity contribution in [3.8, 4) is 10.4 Å². The summed E-state index contributed by atoms with van der Waals surface area (Å²) < 4.78 is 1.85. The molecule has 0 atom stereocenters. The second-order valence-electron chi connectivity index (χ2n) is 5.04. The van der Waals surface area contributed by atoms with Gasteiger partial charge < -0.3 is 5.32 Å². The molecule has 0 saturated heterocycles. The first-order valence-corrected chi connectivity index (χ1v) is 7.96. The molecule has 3 rings (SSSR count). The molecule has 3 nitrogen and oxygen atoms in total. The highest BCUT2D eigenvalue weighted by molar-refractivity contribution is 7.15. The number of rotatable bonds is 6. The monoisotopic (exact) mass is 297 g/mol. The Morgan fingerprint density at radius 3 is 2.71 bits per heavy atom. The van der Waals surface area contributed by atoms with Crippen LogP contribution in [0.25, 0.3) is 10.4 Å². The van der Waals surface area contributed by atoms with E-state index in [4.69, 9.17) is 0 Å². The average molecular weight is 297 g/mol. The highest BCUT2D eigenvalue weighted by Gasteiger charge is 2.02. The maximum absolute atomic E-state index is 4.38. The standard InChI is InChI=1S/C17H19N3S/c1-20-12-10-15(19-20)9-11-18-13-16-7-8-17(21-16)14-5-3-2-4-6-14/h2-8,10,12,18H,9,11,13H2,1H3. The summed E-state index contributed by atoms with van der Waals surface area (Å²) >= 11 is 1.85. The van der Waals surface area contributed by atoms with E-state index >= 15 is 0 Å². The predicted octanol–water partition coefficient (Wildman–Crippen LogP) is 3.48. The number of thiophene rings is 1. The molecule has 1 aromatic carbocycles. The SMILES string of the molecule is Cn1ccc(CCNCc2ccc(-c3ccccc3)s2)n1. The molecule has 0 radical (unpaired) electrons. The molecule has 0 fully saturated rings. The van der Waals surface area contributed by atoms with Crippen molar-refractivity contribution in [2.45, 2.75) is 13.0 Å². The second-order valence-corrected chi connectivity index (χ2v) is 6.21. The van der Waals surface area contributed by atoms with Crippen LogP contribution in [-0.4, -0.2) is 16.3 Å². The van der Waals surface area contributed by atoms with Crippen LogP contribution >= 0.6 is 11.3 Å². The molecule has 0 aliphatic rings.